The van der Waals surface area contributed by atoms with Crippen LogP contribution in [0.4, 0.5) is 11.6 Å². The molecule has 0 radical (unpaired) electrons. The molecule has 1 aromatic carbocycles. The Morgan fingerprint density at radius 2 is 1.94 bits per heavy atom. The second-order valence-electron chi connectivity index (χ2n) is 3.32. The van der Waals surface area contributed by atoms with Crippen LogP contribution in [0.3, 0.4) is 0 Å². The Bertz CT molecular complexity index is 630. The molecule has 18 heavy (non-hydrogen) atoms. The molecular formula is C10H11N5O2S. The summed E-state index contributed by atoms with van der Waals surface area (Å²) in [4.78, 5) is 3.89. The van der Waals surface area contributed by atoms with Gasteiger partial charge in [0.05, 0.1) is 18.1 Å². The summed E-state index contributed by atoms with van der Waals surface area (Å²) in [6, 6.07) is 6.54. The van der Waals surface area contributed by atoms with Gasteiger partial charge >= 0.3 is 0 Å². The molecule has 2 aromatic rings. The van der Waals surface area contributed by atoms with Crippen LogP contribution < -0.4 is 10.0 Å². The molecule has 2 rings (SSSR count). The normalized spacial score (nSPS) is 10.9. The summed E-state index contributed by atoms with van der Waals surface area (Å²) in [6.07, 6.45) is 2.72. The maximum Gasteiger partial charge on any atom is 0.266 e. The zero-order valence-electron chi connectivity index (χ0n) is 9.53. The maximum atomic E-state index is 12.1. The number of rotatable bonds is 4. The quantitative estimate of drug-likeness (QED) is 0.845. The first-order valence-electron chi connectivity index (χ1n) is 5.07. The highest BCUT2D eigenvalue weighted by molar-refractivity contribution is 7.92. The van der Waals surface area contributed by atoms with E-state index in [4.69, 9.17) is 0 Å². The number of hydrogen-bond donors (Lipinski definition) is 2. The van der Waals surface area contributed by atoms with Crippen LogP contribution in [0.5, 0.6) is 0 Å². The minimum atomic E-state index is -3.73. The largest absolute Gasteiger partial charge is 0.387 e. The maximum absolute atomic E-state index is 12.1. The molecule has 0 aliphatic carbocycles. The third kappa shape index (κ3) is 2.54. The predicted molar refractivity (Wildman–Crippen MR) is 66.6 cm³/mol. The van der Waals surface area contributed by atoms with Gasteiger partial charge in [-0.25, -0.2) is 18.1 Å². The van der Waals surface area contributed by atoms with Crippen molar-refractivity contribution in [3.8, 4) is 0 Å². The fourth-order valence-corrected chi connectivity index (χ4v) is 2.54. The lowest BCUT2D eigenvalue weighted by Gasteiger charge is -2.10. The average molecular weight is 265 g/mol. The van der Waals surface area contributed by atoms with Gasteiger partial charge in [-0.2, -0.15) is 5.10 Å². The van der Waals surface area contributed by atoms with E-state index >= 15 is 0 Å². The molecule has 1 aromatic heterocycles. The average Bonchev–Trinajstić information content (AvgIpc) is 2.39. The van der Waals surface area contributed by atoms with Gasteiger partial charge in [0.1, 0.15) is 4.90 Å². The molecule has 0 saturated carbocycles. The molecule has 94 valence electrons. The van der Waals surface area contributed by atoms with Gasteiger partial charge in [0.2, 0.25) is 0 Å². The van der Waals surface area contributed by atoms with E-state index in [0.29, 0.717) is 5.69 Å². The van der Waals surface area contributed by atoms with E-state index in [1.807, 2.05) is 0 Å². The summed E-state index contributed by atoms with van der Waals surface area (Å²) in [6.45, 7) is 0. The van der Waals surface area contributed by atoms with E-state index in [0.717, 1.165) is 0 Å². The zero-order valence-corrected chi connectivity index (χ0v) is 10.3. The van der Waals surface area contributed by atoms with Crippen molar-refractivity contribution in [3.05, 3.63) is 36.7 Å². The lowest BCUT2D eigenvalue weighted by atomic mass is 10.3. The highest BCUT2D eigenvalue weighted by Crippen LogP contribution is 2.21. The Labute approximate surface area is 104 Å². The van der Waals surface area contributed by atoms with Gasteiger partial charge in [-0.3, -0.25) is 0 Å². The summed E-state index contributed by atoms with van der Waals surface area (Å²) in [5, 5.41) is 9.94. The van der Waals surface area contributed by atoms with Crippen LogP contribution >= 0.6 is 0 Å². The van der Waals surface area contributed by atoms with E-state index in [9.17, 15) is 8.42 Å². The predicted octanol–water partition coefficient (Wildman–Crippen LogP) is 0.714. The molecule has 0 fully saturated rings. The van der Waals surface area contributed by atoms with Gasteiger partial charge in [-0.15, -0.1) is 5.10 Å². The van der Waals surface area contributed by atoms with Crippen LogP contribution in [0.2, 0.25) is 0 Å². The van der Waals surface area contributed by atoms with Crippen LogP contribution in [0.1, 0.15) is 0 Å². The van der Waals surface area contributed by atoms with Crippen molar-refractivity contribution in [2.75, 3.05) is 17.1 Å². The molecule has 2 N–H and O–H groups in total. The van der Waals surface area contributed by atoms with Crippen molar-refractivity contribution in [3.63, 3.8) is 0 Å². The van der Waals surface area contributed by atoms with Gasteiger partial charge in [-0.05, 0) is 12.1 Å². The Hall–Kier alpha value is -2.22. The molecule has 0 spiro atoms. The summed E-state index contributed by atoms with van der Waals surface area (Å²) in [5.41, 5.74) is 0.494. The van der Waals surface area contributed by atoms with Crippen LogP contribution in [-0.4, -0.2) is 30.6 Å². The van der Waals surface area contributed by atoms with Crippen molar-refractivity contribution in [2.45, 2.75) is 4.90 Å². The Morgan fingerprint density at radius 3 is 2.61 bits per heavy atom. The number of benzene rings is 1. The number of para-hydroxylation sites is 1. The minimum absolute atomic E-state index is 0.0663. The summed E-state index contributed by atoms with van der Waals surface area (Å²) in [5.74, 6) is -0.0663. The van der Waals surface area contributed by atoms with Crippen molar-refractivity contribution >= 4 is 21.7 Å². The summed E-state index contributed by atoms with van der Waals surface area (Å²) < 4.78 is 26.5. The van der Waals surface area contributed by atoms with E-state index in [-0.39, 0.29) is 10.8 Å². The number of anilines is 2. The van der Waals surface area contributed by atoms with Gasteiger partial charge in [0, 0.05) is 7.05 Å². The monoisotopic (exact) mass is 265 g/mol. The van der Waals surface area contributed by atoms with Crippen LogP contribution in [0.15, 0.2) is 41.6 Å². The van der Waals surface area contributed by atoms with Crippen molar-refractivity contribution in [1.82, 2.24) is 15.2 Å². The van der Waals surface area contributed by atoms with Crippen molar-refractivity contribution in [2.24, 2.45) is 0 Å². The fourth-order valence-electron chi connectivity index (χ4n) is 1.38. The Morgan fingerprint density at radius 1 is 1.17 bits per heavy atom. The molecule has 8 heteroatoms. The smallest absolute Gasteiger partial charge is 0.266 e. The Balaban J connectivity index is 2.37. The molecule has 0 aliphatic heterocycles. The number of hydrogen-bond acceptors (Lipinski definition) is 6. The van der Waals surface area contributed by atoms with Crippen molar-refractivity contribution in [1.29, 1.82) is 0 Å². The lowest BCUT2D eigenvalue weighted by molar-refractivity contribution is 0.601. The lowest BCUT2D eigenvalue weighted by Crippen LogP contribution is -2.16. The molecule has 0 aliphatic rings. The van der Waals surface area contributed by atoms with E-state index in [1.54, 1.807) is 25.2 Å². The number of sulfonamides is 1. The molecule has 0 atom stereocenters. The molecular weight excluding hydrogens is 254 g/mol. The SMILES string of the molecule is CNc1ccccc1S(=O)(=O)Nc1nccnn1. The highest BCUT2D eigenvalue weighted by Gasteiger charge is 2.18. The van der Waals surface area contributed by atoms with Crippen LogP contribution in [0.25, 0.3) is 0 Å². The molecule has 0 bridgehead atoms. The van der Waals surface area contributed by atoms with Gasteiger partial charge in [0.15, 0.2) is 0 Å². The van der Waals surface area contributed by atoms with Crippen LogP contribution in [0, 0.1) is 0 Å². The van der Waals surface area contributed by atoms with Gasteiger partial charge in [0.25, 0.3) is 16.0 Å². The molecule has 0 amide bonds. The first-order valence-corrected chi connectivity index (χ1v) is 6.55. The molecule has 1 heterocycles. The summed E-state index contributed by atoms with van der Waals surface area (Å²) in [7, 11) is -2.09. The first kappa shape index (κ1) is 12.2. The first-order chi connectivity index (χ1) is 8.63. The highest BCUT2D eigenvalue weighted by atomic mass is 32.2. The van der Waals surface area contributed by atoms with Gasteiger partial charge < -0.3 is 5.32 Å². The van der Waals surface area contributed by atoms with Crippen molar-refractivity contribution < 1.29 is 8.42 Å². The number of nitrogens with zero attached hydrogens (tertiary/aromatic N) is 3. The third-order valence-corrected chi connectivity index (χ3v) is 3.54. The molecule has 0 unspecified atom stereocenters. The fraction of sp³-hybridized carbons (Fsp3) is 0.100. The number of nitrogens with one attached hydrogen (secondary N) is 2. The minimum Gasteiger partial charge on any atom is -0.387 e. The summed E-state index contributed by atoms with van der Waals surface area (Å²) >= 11 is 0. The standard InChI is InChI=1S/C10H11N5O2S/c1-11-8-4-2-3-5-9(8)18(16,17)15-10-12-6-7-13-14-10/h2-7,11H,1H3,(H,12,14,15). The third-order valence-electron chi connectivity index (χ3n) is 2.15. The topological polar surface area (TPSA) is 96.9 Å². The number of aromatic nitrogens is 3. The van der Waals surface area contributed by atoms with Crippen LogP contribution in [-0.2, 0) is 10.0 Å². The van der Waals surface area contributed by atoms with E-state index < -0.39 is 10.0 Å². The van der Waals surface area contributed by atoms with Gasteiger partial charge in [-0.1, -0.05) is 12.1 Å². The second kappa shape index (κ2) is 4.96. The zero-order chi connectivity index (χ0) is 13.0. The van der Waals surface area contributed by atoms with E-state index in [1.165, 1.54) is 18.5 Å². The Kier molecular flexibility index (Phi) is 3.38. The second-order valence-corrected chi connectivity index (χ2v) is 4.97. The molecule has 7 nitrogen and oxygen atoms in total. The van der Waals surface area contributed by atoms with E-state index in [2.05, 4.69) is 25.2 Å². The molecule has 0 saturated heterocycles.